The van der Waals surface area contributed by atoms with E-state index in [1.807, 2.05) is 13.8 Å². The van der Waals surface area contributed by atoms with Gasteiger partial charge in [-0.2, -0.15) is 0 Å². The van der Waals surface area contributed by atoms with Crippen molar-refractivity contribution in [1.29, 1.82) is 0 Å². The minimum absolute atomic E-state index is 0.377. The third kappa shape index (κ3) is 12.1. The predicted molar refractivity (Wildman–Crippen MR) is 76.5 cm³/mol. The van der Waals surface area contributed by atoms with Crippen molar-refractivity contribution in [1.82, 2.24) is 0 Å². The lowest BCUT2D eigenvalue weighted by molar-refractivity contribution is -0.247. The normalized spacial score (nSPS) is 11.3. The van der Waals surface area contributed by atoms with Gasteiger partial charge in [0.15, 0.2) is 9.76 Å². The topological polar surface area (TPSA) is 54.0 Å². The molecule has 0 atom stereocenters. The Bertz CT molecular complexity index is 227. The summed E-state index contributed by atoms with van der Waals surface area (Å²) in [6.45, 7) is 8.59. The smallest absolute Gasteiger partial charge is 0.330 e. The van der Waals surface area contributed by atoms with Gasteiger partial charge >= 0.3 is 5.97 Å². The average Bonchev–Trinajstić information content (AvgIpc) is 2.44. The van der Waals surface area contributed by atoms with Crippen LogP contribution in [0.1, 0.15) is 33.1 Å². The summed E-state index contributed by atoms with van der Waals surface area (Å²) in [6.07, 6.45) is 3.85. The maximum atomic E-state index is 10.8. The average molecular weight is 290 g/mol. The maximum Gasteiger partial charge on any atom is 0.330 e. The zero-order valence-electron chi connectivity index (χ0n) is 12.1. The second-order valence-electron chi connectivity index (χ2n) is 3.98. The largest absolute Gasteiger partial charge is 0.463 e. The highest BCUT2D eigenvalue weighted by atomic mass is 28.2. The lowest BCUT2D eigenvalue weighted by Crippen LogP contribution is -2.24. The Morgan fingerprint density at radius 1 is 1.21 bits per heavy atom. The molecule has 0 heterocycles. The van der Waals surface area contributed by atoms with Crippen LogP contribution >= 0.6 is 0 Å². The summed E-state index contributed by atoms with van der Waals surface area (Å²) < 4.78 is 21.4. The highest BCUT2D eigenvalue weighted by molar-refractivity contribution is 6.27. The van der Waals surface area contributed by atoms with Crippen molar-refractivity contribution in [2.24, 2.45) is 0 Å². The van der Waals surface area contributed by atoms with Crippen molar-refractivity contribution < 1.29 is 23.4 Å². The fraction of sp³-hybridized carbons (Fsp3) is 0.769. The molecular formula is C13H26O5Si. The quantitative estimate of drug-likeness (QED) is 0.170. The van der Waals surface area contributed by atoms with Crippen LogP contribution in [0, 0.1) is 0 Å². The molecule has 0 aromatic rings. The van der Waals surface area contributed by atoms with Gasteiger partial charge in [0.1, 0.15) is 0 Å². The first-order valence-electron chi connectivity index (χ1n) is 6.88. The molecule has 0 aliphatic carbocycles. The number of hydrogen-bond donors (Lipinski definition) is 0. The molecule has 0 aromatic carbocycles. The Morgan fingerprint density at radius 2 is 1.84 bits per heavy atom. The molecule has 112 valence electrons. The Hall–Kier alpha value is -0.693. The van der Waals surface area contributed by atoms with Crippen molar-refractivity contribution in [2.75, 3.05) is 19.8 Å². The molecule has 0 aliphatic heterocycles. The van der Waals surface area contributed by atoms with E-state index < -0.39 is 16.2 Å². The van der Waals surface area contributed by atoms with E-state index in [4.69, 9.17) is 18.6 Å². The molecule has 0 aliphatic rings. The Balaban J connectivity index is 3.55. The molecule has 6 heteroatoms. The van der Waals surface area contributed by atoms with Gasteiger partial charge in [0.05, 0.1) is 19.8 Å². The molecule has 0 fully saturated rings. The van der Waals surface area contributed by atoms with E-state index in [-0.39, 0.29) is 5.97 Å². The first kappa shape index (κ1) is 18.3. The van der Waals surface area contributed by atoms with E-state index in [1.165, 1.54) is 6.08 Å². The van der Waals surface area contributed by atoms with Crippen LogP contribution in [0.25, 0.3) is 0 Å². The van der Waals surface area contributed by atoms with Gasteiger partial charge in [0.2, 0.25) is 0 Å². The number of ether oxygens (including phenoxy) is 3. The zero-order chi connectivity index (χ0) is 14.3. The van der Waals surface area contributed by atoms with Crippen LogP contribution in [-0.4, -0.2) is 42.0 Å². The molecule has 0 radical (unpaired) electrons. The summed E-state index contributed by atoms with van der Waals surface area (Å²) in [5.41, 5.74) is 0. The van der Waals surface area contributed by atoms with Gasteiger partial charge in [-0.3, -0.25) is 0 Å². The van der Waals surface area contributed by atoms with E-state index in [0.29, 0.717) is 19.8 Å². The standard InChI is InChI=1S/C13H26O5Si/c1-4-8-16-13(17-9-5-2)18-19-11-7-10-15-12(14)6-3/h6,13H,3-5,7-11,19H2,1-2H3. The fourth-order valence-corrected chi connectivity index (χ4v) is 2.15. The third-order valence-electron chi connectivity index (χ3n) is 2.12. The van der Waals surface area contributed by atoms with Crippen molar-refractivity contribution in [3.63, 3.8) is 0 Å². The van der Waals surface area contributed by atoms with E-state index in [9.17, 15) is 4.79 Å². The van der Waals surface area contributed by atoms with Gasteiger partial charge in [-0.15, -0.1) is 0 Å². The molecule has 0 rings (SSSR count). The molecule has 0 amide bonds. The lowest BCUT2D eigenvalue weighted by Gasteiger charge is -2.18. The molecule has 0 saturated heterocycles. The van der Waals surface area contributed by atoms with Gasteiger partial charge in [-0.1, -0.05) is 20.4 Å². The van der Waals surface area contributed by atoms with Crippen LogP contribution in [0.3, 0.4) is 0 Å². The minimum atomic E-state index is -0.710. The van der Waals surface area contributed by atoms with E-state index >= 15 is 0 Å². The number of esters is 1. The van der Waals surface area contributed by atoms with E-state index in [2.05, 4.69) is 6.58 Å². The summed E-state index contributed by atoms with van der Waals surface area (Å²) in [4.78, 5) is 10.8. The molecule has 19 heavy (non-hydrogen) atoms. The second kappa shape index (κ2) is 13.7. The molecule has 0 unspecified atom stereocenters. The predicted octanol–water partition coefficient (Wildman–Crippen LogP) is 1.76. The van der Waals surface area contributed by atoms with Crippen LogP contribution in [0.15, 0.2) is 12.7 Å². The first-order chi connectivity index (χ1) is 9.24. The fourth-order valence-electron chi connectivity index (χ4n) is 1.19. The Morgan fingerprint density at radius 3 is 2.37 bits per heavy atom. The van der Waals surface area contributed by atoms with Crippen molar-refractivity contribution in [3.8, 4) is 0 Å². The molecule has 0 N–H and O–H groups in total. The van der Waals surface area contributed by atoms with Crippen molar-refractivity contribution >= 4 is 15.7 Å². The molecule has 0 saturated carbocycles. The van der Waals surface area contributed by atoms with Gasteiger partial charge < -0.3 is 18.6 Å². The monoisotopic (exact) mass is 290 g/mol. The van der Waals surface area contributed by atoms with Gasteiger partial charge in [-0.05, 0) is 25.3 Å². The molecule has 0 bridgehead atoms. The molecule has 0 aromatic heterocycles. The summed E-state index contributed by atoms with van der Waals surface area (Å²) in [5.74, 6) is -0.377. The van der Waals surface area contributed by atoms with Crippen LogP contribution in [0.5, 0.6) is 0 Å². The summed E-state index contributed by atoms with van der Waals surface area (Å²) >= 11 is 0. The molecule has 0 spiro atoms. The van der Waals surface area contributed by atoms with Crippen LogP contribution in [0.4, 0.5) is 0 Å². The van der Waals surface area contributed by atoms with Crippen molar-refractivity contribution in [2.45, 2.75) is 45.6 Å². The third-order valence-corrected chi connectivity index (χ3v) is 3.42. The zero-order valence-corrected chi connectivity index (χ0v) is 13.5. The van der Waals surface area contributed by atoms with Crippen LogP contribution in [0.2, 0.25) is 6.04 Å². The summed E-state index contributed by atoms with van der Waals surface area (Å²) in [6, 6.07) is 0.923. The van der Waals surface area contributed by atoms with Gasteiger partial charge in [0.25, 0.3) is 6.48 Å². The highest BCUT2D eigenvalue weighted by Gasteiger charge is 2.08. The summed E-state index contributed by atoms with van der Waals surface area (Å²) in [5, 5.41) is 0. The minimum Gasteiger partial charge on any atom is -0.463 e. The lowest BCUT2D eigenvalue weighted by atomic mass is 10.5. The van der Waals surface area contributed by atoms with Crippen LogP contribution < -0.4 is 0 Å². The molecular weight excluding hydrogens is 264 g/mol. The number of hydrogen-bond acceptors (Lipinski definition) is 5. The number of carbonyl (C=O) groups excluding carboxylic acids is 1. The van der Waals surface area contributed by atoms with Gasteiger partial charge in [-0.25, -0.2) is 4.79 Å². The Kier molecular flexibility index (Phi) is 13.2. The highest BCUT2D eigenvalue weighted by Crippen LogP contribution is 2.01. The number of rotatable bonds is 13. The Labute approximate surface area is 118 Å². The van der Waals surface area contributed by atoms with Gasteiger partial charge in [0, 0.05) is 6.08 Å². The maximum absolute atomic E-state index is 10.8. The second-order valence-corrected chi connectivity index (χ2v) is 5.43. The summed E-state index contributed by atoms with van der Waals surface area (Å²) in [7, 11) is -0.710. The number of carbonyl (C=O) groups is 1. The first-order valence-corrected chi connectivity index (χ1v) is 8.46. The van der Waals surface area contributed by atoms with Crippen LogP contribution in [-0.2, 0) is 23.4 Å². The van der Waals surface area contributed by atoms with E-state index in [0.717, 1.165) is 25.3 Å². The van der Waals surface area contributed by atoms with Crippen molar-refractivity contribution in [3.05, 3.63) is 12.7 Å². The molecule has 5 nitrogen and oxygen atoms in total. The van der Waals surface area contributed by atoms with E-state index in [1.54, 1.807) is 0 Å². The SMILES string of the molecule is C=CC(=O)OCCC[SiH2]OC(OCCC)OCCC.